The van der Waals surface area contributed by atoms with E-state index in [0.29, 0.717) is 6.61 Å². The van der Waals surface area contributed by atoms with Crippen LogP contribution in [0.5, 0.6) is 5.75 Å². The minimum Gasteiger partial charge on any atom is -0.492 e. The highest BCUT2D eigenvalue weighted by molar-refractivity contribution is 5.32. The van der Waals surface area contributed by atoms with Crippen LogP contribution >= 0.6 is 0 Å². The van der Waals surface area contributed by atoms with E-state index in [1.807, 2.05) is 0 Å². The lowest BCUT2D eigenvalue weighted by Gasteiger charge is -2.09. The van der Waals surface area contributed by atoms with Crippen molar-refractivity contribution in [3.05, 3.63) is 65.2 Å². The molecule has 0 saturated heterocycles. The van der Waals surface area contributed by atoms with Crippen molar-refractivity contribution >= 4 is 0 Å². The molecule has 0 aliphatic rings. The van der Waals surface area contributed by atoms with Gasteiger partial charge in [0.05, 0.1) is 0 Å². The number of hydrogen-bond acceptors (Lipinski definition) is 2. The highest BCUT2D eigenvalue weighted by atomic mass is 16.5. The molecule has 0 spiro atoms. The lowest BCUT2D eigenvalue weighted by Crippen LogP contribution is -2.23. The third-order valence-corrected chi connectivity index (χ3v) is 3.18. The Morgan fingerprint density at radius 1 is 0.900 bits per heavy atom. The molecule has 0 aromatic heterocycles. The maximum atomic E-state index is 5.76. The Morgan fingerprint density at radius 2 is 1.60 bits per heavy atom. The lowest BCUT2D eigenvalue weighted by atomic mass is 10.1. The predicted molar refractivity (Wildman–Crippen MR) is 84.4 cm³/mol. The van der Waals surface area contributed by atoms with Crippen molar-refractivity contribution in [2.24, 2.45) is 0 Å². The summed E-state index contributed by atoms with van der Waals surface area (Å²) in [5, 5.41) is 3.41. The Labute approximate surface area is 121 Å². The number of nitrogens with one attached hydrogen (secondary N) is 1. The van der Waals surface area contributed by atoms with E-state index in [1.54, 1.807) is 0 Å². The van der Waals surface area contributed by atoms with Gasteiger partial charge in [0.2, 0.25) is 0 Å². The Morgan fingerprint density at radius 3 is 2.30 bits per heavy atom. The van der Waals surface area contributed by atoms with Crippen LogP contribution in [0, 0.1) is 13.8 Å². The molecule has 1 N–H and O–H groups in total. The molecule has 0 heterocycles. The van der Waals surface area contributed by atoms with E-state index in [4.69, 9.17) is 4.74 Å². The topological polar surface area (TPSA) is 21.3 Å². The van der Waals surface area contributed by atoms with Crippen molar-refractivity contribution in [1.29, 1.82) is 0 Å². The predicted octanol–water partition coefficient (Wildman–Crippen LogP) is 3.51. The molecule has 106 valence electrons. The summed E-state index contributed by atoms with van der Waals surface area (Å²) in [7, 11) is 0. The molecule has 0 atom stereocenters. The van der Waals surface area contributed by atoms with Crippen LogP contribution in [-0.4, -0.2) is 19.7 Å². The quantitative estimate of drug-likeness (QED) is 0.777. The first kappa shape index (κ1) is 14.6. The minimum absolute atomic E-state index is 0.706. The van der Waals surface area contributed by atoms with Gasteiger partial charge in [0.15, 0.2) is 0 Å². The Kier molecular flexibility index (Phi) is 5.63. The Balaban J connectivity index is 1.62. The van der Waals surface area contributed by atoms with Gasteiger partial charge in [-0.15, -0.1) is 0 Å². The second kappa shape index (κ2) is 7.71. The largest absolute Gasteiger partial charge is 0.492 e. The smallest absolute Gasteiger partial charge is 0.119 e. The summed E-state index contributed by atoms with van der Waals surface area (Å²) < 4.78 is 5.76. The van der Waals surface area contributed by atoms with Gasteiger partial charge < -0.3 is 10.1 Å². The van der Waals surface area contributed by atoms with Crippen molar-refractivity contribution in [2.75, 3.05) is 19.7 Å². The van der Waals surface area contributed by atoms with Crippen LogP contribution < -0.4 is 10.1 Å². The number of rotatable bonds is 7. The van der Waals surface area contributed by atoms with E-state index in [2.05, 4.69) is 67.7 Å². The summed E-state index contributed by atoms with van der Waals surface area (Å²) >= 11 is 0. The zero-order valence-corrected chi connectivity index (χ0v) is 12.4. The fraction of sp³-hybridized carbons (Fsp3) is 0.333. The molecule has 2 heteroatoms. The minimum atomic E-state index is 0.706. The first-order valence-electron chi connectivity index (χ1n) is 7.20. The van der Waals surface area contributed by atoms with Gasteiger partial charge in [0, 0.05) is 6.54 Å². The number of benzene rings is 2. The van der Waals surface area contributed by atoms with Gasteiger partial charge in [0.25, 0.3) is 0 Å². The van der Waals surface area contributed by atoms with Gasteiger partial charge in [-0.1, -0.05) is 36.4 Å². The fourth-order valence-electron chi connectivity index (χ4n) is 2.26. The molecule has 0 aliphatic heterocycles. The molecule has 0 fully saturated rings. The average molecular weight is 269 g/mol. The maximum Gasteiger partial charge on any atom is 0.119 e. The third kappa shape index (κ3) is 5.06. The van der Waals surface area contributed by atoms with Crippen molar-refractivity contribution in [3.8, 4) is 5.75 Å². The van der Waals surface area contributed by atoms with E-state index < -0.39 is 0 Å². The van der Waals surface area contributed by atoms with Crippen molar-refractivity contribution in [1.82, 2.24) is 5.32 Å². The summed E-state index contributed by atoms with van der Waals surface area (Å²) in [4.78, 5) is 0. The second-order valence-corrected chi connectivity index (χ2v) is 5.16. The second-order valence-electron chi connectivity index (χ2n) is 5.16. The SMILES string of the molecule is Cc1cc(C)cc(OCCNCCc2ccccc2)c1. The van der Waals surface area contributed by atoms with E-state index in [9.17, 15) is 0 Å². The molecule has 0 radical (unpaired) electrons. The van der Waals surface area contributed by atoms with Crippen molar-refractivity contribution in [3.63, 3.8) is 0 Å². The molecule has 0 saturated carbocycles. The Bertz CT molecular complexity index is 502. The number of aryl methyl sites for hydroxylation is 2. The highest BCUT2D eigenvalue weighted by Crippen LogP contribution is 2.15. The van der Waals surface area contributed by atoms with Crippen molar-refractivity contribution in [2.45, 2.75) is 20.3 Å². The number of ether oxygens (including phenoxy) is 1. The van der Waals surface area contributed by atoms with Crippen LogP contribution in [0.2, 0.25) is 0 Å². The molecule has 2 aromatic rings. The zero-order valence-electron chi connectivity index (χ0n) is 12.4. The van der Waals surface area contributed by atoms with Crippen molar-refractivity contribution < 1.29 is 4.74 Å². The fourth-order valence-corrected chi connectivity index (χ4v) is 2.26. The molecule has 0 unspecified atom stereocenters. The molecular formula is C18H23NO. The van der Waals surface area contributed by atoms with Crippen LogP contribution in [0.25, 0.3) is 0 Å². The van der Waals surface area contributed by atoms with Gasteiger partial charge in [0.1, 0.15) is 12.4 Å². The monoisotopic (exact) mass is 269 g/mol. The molecule has 2 rings (SSSR count). The molecule has 0 amide bonds. The van der Waals surface area contributed by atoms with Crippen LogP contribution in [0.4, 0.5) is 0 Å². The summed E-state index contributed by atoms with van der Waals surface area (Å²) in [5.74, 6) is 0.965. The first-order valence-corrected chi connectivity index (χ1v) is 7.20. The van der Waals surface area contributed by atoms with Gasteiger partial charge in [-0.2, -0.15) is 0 Å². The summed E-state index contributed by atoms with van der Waals surface area (Å²) in [6.07, 6.45) is 1.06. The first-order chi connectivity index (χ1) is 9.74. The molecule has 20 heavy (non-hydrogen) atoms. The zero-order chi connectivity index (χ0) is 14.2. The van der Waals surface area contributed by atoms with Crippen LogP contribution in [0.15, 0.2) is 48.5 Å². The summed E-state index contributed by atoms with van der Waals surface area (Å²) in [5.41, 5.74) is 3.87. The van der Waals surface area contributed by atoms with E-state index in [-0.39, 0.29) is 0 Å². The molecule has 0 aliphatic carbocycles. The van der Waals surface area contributed by atoms with E-state index >= 15 is 0 Å². The van der Waals surface area contributed by atoms with Gasteiger partial charge >= 0.3 is 0 Å². The van der Waals surface area contributed by atoms with E-state index in [0.717, 1.165) is 25.3 Å². The molecule has 2 nitrogen and oxygen atoms in total. The molecular weight excluding hydrogens is 246 g/mol. The van der Waals surface area contributed by atoms with Gasteiger partial charge in [-0.25, -0.2) is 0 Å². The molecule has 0 bridgehead atoms. The standard InChI is InChI=1S/C18H23NO/c1-15-12-16(2)14-18(13-15)20-11-10-19-9-8-17-6-4-3-5-7-17/h3-7,12-14,19H,8-11H2,1-2H3. The molecule has 2 aromatic carbocycles. The van der Waals surface area contributed by atoms with Gasteiger partial charge in [-0.3, -0.25) is 0 Å². The Hall–Kier alpha value is -1.80. The van der Waals surface area contributed by atoms with Crippen LogP contribution in [-0.2, 0) is 6.42 Å². The van der Waals surface area contributed by atoms with Crippen LogP contribution in [0.1, 0.15) is 16.7 Å². The average Bonchev–Trinajstić information content (AvgIpc) is 2.43. The van der Waals surface area contributed by atoms with E-state index in [1.165, 1.54) is 16.7 Å². The highest BCUT2D eigenvalue weighted by Gasteiger charge is 1.97. The van der Waals surface area contributed by atoms with Gasteiger partial charge in [-0.05, 0) is 55.6 Å². The summed E-state index contributed by atoms with van der Waals surface area (Å²) in [6.45, 7) is 6.76. The maximum absolute atomic E-state index is 5.76. The number of hydrogen-bond donors (Lipinski definition) is 1. The van der Waals surface area contributed by atoms with Crippen LogP contribution in [0.3, 0.4) is 0 Å². The normalized spacial score (nSPS) is 10.5. The summed E-state index contributed by atoms with van der Waals surface area (Å²) in [6, 6.07) is 16.9. The third-order valence-electron chi connectivity index (χ3n) is 3.18. The lowest BCUT2D eigenvalue weighted by molar-refractivity contribution is 0.314.